The first-order valence-corrected chi connectivity index (χ1v) is 7.15. The van der Waals surface area contributed by atoms with E-state index in [0.29, 0.717) is 19.4 Å². The van der Waals surface area contributed by atoms with Crippen LogP contribution in [0.5, 0.6) is 0 Å². The van der Waals surface area contributed by atoms with Gasteiger partial charge in [-0.2, -0.15) is 0 Å². The van der Waals surface area contributed by atoms with Gasteiger partial charge in [0, 0.05) is 31.9 Å². The summed E-state index contributed by atoms with van der Waals surface area (Å²) in [6.45, 7) is 1.44. The number of pyridine rings is 1. The van der Waals surface area contributed by atoms with E-state index in [-0.39, 0.29) is 17.4 Å². The van der Waals surface area contributed by atoms with Gasteiger partial charge in [-0.3, -0.25) is 14.6 Å². The van der Waals surface area contributed by atoms with Crippen molar-refractivity contribution in [1.29, 1.82) is 0 Å². The van der Waals surface area contributed by atoms with Crippen LogP contribution in [0.25, 0.3) is 0 Å². The third-order valence-electron chi connectivity index (χ3n) is 4.24. The van der Waals surface area contributed by atoms with E-state index in [1.807, 2.05) is 17.0 Å². The van der Waals surface area contributed by atoms with Crippen LogP contribution in [0, 0.1) is 0 Å². The predicted molar refractivity (Wildman–Crippen MR) is 73.9 cm³/mol. The molecular formula is C15H19N3O2. The van der Waals surface area contributed by atoms with Crippen LogP contribution in [-0.4, -0.2) is 40.3 Å². The molecule has 5 nitrogen and oxygen atoms in total. The van der Waals surface area contributed by atoms with Crippen molar-refractivity contribution < 1.29 is 9.59 Å². The highest BCUT2D eigenvalue weighted by atomic mass is 16.2. The fourth-order valence-electron chi connectivity index (χ4n) is 3.21. The normalized spacial score (nSPS) is 25.8. The molecule has 0 saturated carbocycles. The summed E-state index contributed by atoms with van der Waals surface area (Å²) in [5.41, 5.74) is 0.771. The molecule has 3 rings (SSSR count). The van der Waals surface area contributed by atoms with E-state index in [2.05, 4.69) is 10.3 Å². The molecule has 20 heavy (non-hydrogen) atoms. The Morgan fingerprint density at radius 1 is 1.45 bits per heavy atom. The predicted octanol–water partition coefficient (Wildman–Crippen LogP) is 0.895. The highest BCUT2D eigenvalue weighted by Crippen LogP contribution is 2.30. The van der Waals surface area contributed by atoms with Gasteiger partial charge in [0.15, 0.2) is 0 Å². The van der Waals surface area contributed by atoms with E-state index >= 15 is 0 Å². The summed E-state index contributed by atoms with van der Waals surface area (Å²) in [4.78, 5) is 29.8. The second kappa shape index (κ2) is 5.23. The fourth-order valence-corrected chi connectivity index (χ4v) is 3.21. The molecule has 1 atom stereocenters. The first-order valence-electron chi connectivity index (χ1n) is 7.15. The van der Waals surface area contributed by atoms with Gasteiger partial charge in [0.2, 0.25) is 11.8 Å². The highest BCUT2D eigenvalue weighted by molar-refractivity contribution is 5.81. The van der Waals surface area contributed by atoms with E-state index in [1.54, 1.807) is 12.4 Å². The lowest BCUT2D eigenvalue weighted by atomic mass is 9.87. The quantitative estimate of drug-likeness (QED) is 0.870. The monoisotopic (exact) mass is 273 g/mol. The van der Waals surface area contributed by atoms with Crippen molar-refractivity contribution in [2.75, 3.05) is 13.1 Å². The van der Waals surface area contributed by atoms with Crippen molar-refractivity contribution in [3.8, 4) is 0 Å². The Hall–Kier alpha value is -1.91. The molecule has 2 aliphatic heterocycles. The van der Waals surface area contributed by atoms with Crippen molar-refractivity contribution in [2.24, 2.45) is 0 Å². The number of nitrogens with one attached hydrogen (secondary N) is 1. The molecule has 1 aromatic heterocycles. The minimum absolute atomic E-state index is 0.117. The van der Waals surface area contributed by atoms with Crippen molar-refractivity contribution in [3.63, 3.8) is 0 Å². The Bertz CT molecular complexity index is 517. The van der Waals surface area contributed by atoms with Crippen LogP contribution < -0.4 is 5.32 Å². The maximum absolute atomic E-state index is 12.4. The molecule has 106 valence electrons. The summed E-state index contributed by atoms with van der Waals surface area (Å²) in [6.07, 6.45) is 7.20. The standard InChI is InChI=1S/C15H19N3O2/c19-13-4-6-15(17-13)5-2-8-18(11-15)14(20)9-12-3-1-7-16-10-12/h1,3,7,10H,2,4-6,8-9,11H2,(H,17,19)/t15-/m0/s1. The Morgan fingerprint density at radius 3 is 3.05 bits per heavy atom. The molecule has 1 N–H and O–H groups in total. The lowest BCUT2D eigenvalue weighted by molar-refractivity contribution is -0.133. The average Bonchev–Trinajstić information content (AvgIpc) is 2.80. The Kier molecular flexibility index (Phi) is 3.42. The minimum Gasteiger partial charge on any atom is -0.349 e. The van der Waals surface area contributed by atoms with Gasteiger partial charge in [0.25, 0.3) is 0 Å². The summed E-state index contributed by atoms with van der Waals surface area (Å²) < 4.78 is 0. The van der Waals surface area contributed by atoms with E-state index in [4.69, 9.17) is 0 Å². The molecule has 3 heterocycles. The van der Waals surface area contributed by atoms with Gasteiger partial charge < -0.3 is 10.2 Å². The second-order valence-electron chi connectivity index (χ2n) is 5.79. The van der Waals surface area contributed by atoms with Gasteiger partial charge >= 0.3 is 0 Å². The number of piperidine rings is 1. The van der Waals surface area contributed by atoms with E-state index in [9.17, 15) is 9.59 Å². The van der Waals surface area contributed by atoms with Crippen LogP contribution in [0.2, 0.25) is 0 Å². The minimum atomic E-state index is -0.167. The molecule has 2 amide bonds. The average molecular weight is 273 g/mol. The zero-order chi connectivity index (χ0) is 14.0. The molecule has 0 unspecified atom stereocenters. The lowest BCUT2D eigenvalue weighted by Gasteiger charge is -2.40. The second-order valence-corrected chi connectivity index (χ2v) is 5.79. The summed E-state index contributed by atoms with van der Waals surface area (Å²) in [5.74, 6) is 0.241. The molecule has 2 fully saturated rings. The number of hydrogen-bond donors (Lipinski definition) is 1. The van der Waals surface area contributed by atoms with Gasteiger partial charge in [-0.15, -0.1) is 0 Å². The largest absolute Gasteiger partial charge is 0.349 e. The molecule has 1 aromatic rings. The Labute approximate surface area is 118 Å². The van der Waals surface area contributed by atoms with Gasteiger partial charge in [-0.1, -0.05) is 6.07 Å². The lowest BCUT2D eigenvalue weighted by Crippen LogP contribution is -2.56. The molecule has 1 spiro atoms. The number of hydrogen-bond acceptors (Lipinski definition) is 3. The maximum Gasteiger partial charge on any atom is 0.227 e. The van der Waals surface area contributed by atoms with Crippen LogP contribution in [0.15, 0.2) is 24.5 Å². The van der Waals surface area contributed by atoms with Gasteiger partial charge in [0.1, 0.15) is 0 Å². The zero-order valence-electron chi connectivity index (χ0n) is 11.5. The van der Waals surface area contributed by atoms with Crippen molar-refractivity contribution in [3.05, 3.63) is 30.1 Å². The van der Waals surface area contributed by atoms with E-state index < -0.39 is 0 Å². The van der Waals surface area contributed by atoms with Crippen LogP contribution in [-0.2, 0) is 16.0 Å². The van der Waals surface area contributed by atoms with Crippen LogP contribution in [0.1, 0.15) is 31.2 Å². The first-order chi connectivity index (χ1) is 9.67. The van der Waals surface area contributed by atoms with Crippen molar-refractivity contribution in [1.82, 2.24) is 15.2 Å². The summed E-state index contributed by atoms with van der Waals surface area (Å²) >= 11 is 0. The van der Waals surface area contributed by atoms with E-state index in [0.717, 1.165) is 31.4 Å². The Morgan fingerprint density at radius 2 is 2.35 bits per heavy atom. The van der Waals surface area contributed by atoms with Gasteiger partial charge in [0.05, 0.1) is 12.0 Å². The van der Waals surface area contributed by atoms with Crippen LogP contribution in [0.4, 0.5) is 0 Å². The topological polar surface area (TPSA) is 62.3 Å². The summed E-state index contributed by atoms with van der Waals surface area (Å²) in [7, 11) is 0. The van der Waals surface area contributed by atoms with Crippen LogP contribution in [0.3, 0.4) is 0 Å². The maximum atomic E-state index is 12.4. The SMILES string of the molecule is O=C1CC[C@]2(CCCN(C(=O)Cc3cccnc3)C2)N1. The van der Waals surface area contributed by atoms with Gasteiger partial charge in [-0.05, 0) is 30.9 Å². The molecule has 0 aromatic carbocycles. The third kappa shape index (κ3) is 2.66. The molecule has 0 bridgehead atoms. The highest BCUT2D eigenvalue weighted by Gasteiger charge is 2.41. The number of carbonyl (C=O) groups is 2. The molecule has 2 saturated heterocycles. The smallest absolute Gasteiger partial charge is 0.227 e. The summed E-state index contributed by atoms with van der Waals surface area (Å²) in [6, 6.07) is 3.76. The number of likely N-dealkylation sites (tertiary alicyclic amines) is 1. The molecule has 0 aliphatic carbocycles. The van der Waals surface area contributed by atoms with Crippen molar-refractivity contribution in [2.45, 2.75) is 37.6 Å². The zero-order valence-corrected chi connectivity index (χ0v) is 11.5. The number of rotatable bonds is 2. The third-order valence-corrected chi connectivity index (χ3v) is 4.24. The first kappa shape index (κ1) is 13.1. The number of nitrogens with zero attached hydrogens (tertiary/aromatic N) is 2. The van der Waals surface area contributed by atoms with Gasteiger partial charge in [-0.25, -0.2) is 0 Å². The number of aromatic nitrogens is 1. The number of carbonyl (C=O) groups excluding carboxylic acids is 2. The van der Waals surface area contributed by atoms with E-state index in [1.165, 1.54) is 0 Å². The molecule has 0 radical (unpaired) electrons. The fraction of sp³-hybridized carbons (Fsp3) is 0.533. The molecule has 2 aliphatic rings. The van der Waals surface area contributed by atoms with Crippen molar-refractivity contribution >= 4 is 11.8 Å². The summed E-state index contributed by atoms with van der Waals surface area (Å²) in [5, 5.41) is 3.07. The van der Waals surface area contributed by atoms with Crippen LogP contribution >= 0.6 is 0 Å². The Balaban J connectivity index is 1.65. The molecule has 5 heteroatoms. The number of amides is 2. The molecular weight excluding hydrogens is 254 g/mol.